The molecule has 1 aliphatic rings. The molecule has 0 radical (unpaired) electrons. The van der Waals surface area contributed by atoms with Crippen LogP contribution < -0.4 is 4.74 Å². The Morgan fingerprint density at radius 3 is 2.42 bits per heavy atom. The van der Waals surface area contributed by atoms with E-state index < -0.39 is 24.0 Å². The summed E-state index contributed by atoms with van der Waals surface area (Å²) in [6.07, 6.45) is -1.66. The fraction of sp³-hybridized carbons (Fsp3) is 0.375. The maximum atomic E-state index is 12.3. The number of likely N-dealkylation sites (tertiary alicyclic amines) is 1. The van der Waals surface area contributed by atoms with Gasteiger partial charge in [0, 0.05) is 24.7 Å². The number of carbonyl (C=O) groups excluding carboxylic acids is 1. The molecule has 0 saturated carbocycles. The average Bonchev–Trinajstić information content (AvgIpc) is 2.52. The summed E-state index contributed by atoms with van der Waals surface area (Å²) < 4.78 is 40.9. The Balaban J connectivity index is 2.01. The number of benzene rings is 1. The van der Waals surface area contributed by atoms with Gasteiger partial charge in [-0.1, -0.05) is 18.2 Å². The van der Waals surface area contributed by atoms with Crippen LogP contribution >= 0.6 is 0 Å². The second-order valence-corrected chi connectivity index (χ2v) is 5.36. The van der Waals surface area contributed by atoms with Gasteiger partial charge < -0.3 is 14.7 Å². The number of carboxylic acids is 1. The van der Waals surface area contributed by atoms with Crippen molar-refractivity contribution in [2.45, 2.75) is 19.2 Å². The lowest BCUT2D eigenvalue weighted by Gasteiger charge is -2.29. The van der Waals surface area contributed by atoms with Crippen LogP contribution in [0.2, 0.25) is 0 Å². The Bertz CT molecular complexity index is 634. The van der Waals surface area contributed by atoms with Gasteiger partial charge in [-0.15, -0.1) is 13.2 Å². The van der Waals surface area contributed by atoms with E-state index in [4.69, 9.17) is 5.11 Å². The first-order chi connectivity index (χ1) is 11.3. The van der Waals surface area contributed by atoms with Gasteiger partial charge in [0.15, 0.2) is 0 Å². The minimum absolute atomic E-state index is 0.128. The number of amides is 1. The van der Waals surface area contributed by atoms with Crippen LogP contribution in [0.25, 0.3) is 6.08 Å². The van der Waals surface area contributed by atoms with Crippen molar-refractivity contribution in [3.63, 3.8) is 0 Å². The number of hydrogen-bond donors (Lipinski definition) is 1. The van der Waals surface area contributed by atoms with E-state index in [1.54, 1.807) is 0 Å². The van der Waals surface area contributed by atoms with Gasteiger partial charge in [-0.05, 0) is 25.0 Å². The first-order valence-electron chi connectivity index (χ1n) is 7.31. The van der Waals surface area contributed by atoms with Gasteiger partial charge in [0.05, 0.1) is 5.92 Å². The summed E-state index contributed by atoms with van der Waals surface area (Å²) in [6.45, 7) is 0.613. The highest BCUT2D eigenvalue weighted by Crippen LogP contribution is 2.27. The first-order valence-corrected chi connectivity index (χ1v) is 7.31. The fourth-order valence-electron chi connectivity index (χ4n) is 2.45. The molecule has 0 bridgehead atoms. The Morgan fingerprint density at radius 2 is 1.83 bits per heavy atom. The molecule has 0 aromatic heterocycles. The van der Waals surface area contributed by atoms with Gasteiger partial charge in [-0.25, -0.2) is 0 Å². The van der Waals surface area contributed by atoms with Crippen molar-refractivity contribution in [2.75, 3.05) is 13.1 Å². The molecule has 1 N–H and O–H groups in total. The van der Waals surface area contributed by atoms with Crippen molar-refractivity contribution in [3.8, 4) is 5.75 Å². The zero-order valence-electron chi connectivity index (χ0n) is 12.6. The number of aliphatic carboxylic acids is 1. The summed E-state index contributed by atoms with van der Waals surface area (Å²) in [7, 11) is 0. The number of nitrogens with zero attached hydrogens (tertiary/aromatic N) is 1. The smallest absolute Gasteiger partial charge is 0.481 e. The van der Waals surface area contributed by atoms with Crippen LogP contribution in [0.1, 0.15) is 18.4 Å². The summed E-state index contributed by atoms with van der Waals surface area (Å²) >= 11 is 0. The summed E-state index contributed by atoms with van der Waals surface area (Å²) in [6, 6.07) is 5.50. The topological polar surface area (TPSA) is 66.8 Å². The maximum Gasteiger partial charge on any atom is 0.573 e. The number of para-hydroxylation sites is 1. The molecule has 0 spiro atoms. The summed E-state index contributed by atoms with van der Waals surface area (Å²) in [5.74, 6) is -2.10. The molecule has 5 nitrogen and oxygen atoms in total. The van der Waals surface area contributed by atoms with Crippen LogP contribution in [0.4, 0.5) is 13.2 Å². The molecule has 1 aromatic carbocycles. The van der Waals surface area contributed by atoms with Crippen molar-refractivity contribution in [1.82, 2.24) is 4.90 Å². The number of rotatable bonds is 4. The average molecular weight is 343 g/mol. The SMILES string of the molecule is O=C(O)C1CCN(C(=O)C=Cc2ccccc2OC(F)(F)F)CC1. The third-order valence-corrected chi connectivity index (χ3v) is 3.71. The summed E-state index contributed by atoms with van der Waals surface area (Å²) in [4.78, 5) is 24.4. The number of ether oxygens (including phenoxy) is 1. The molecule has 8 heteroatoms. The molecule has 130 valence electrons. The molecule has 2 rings (SSSR count). The molecule has 24 heavy (non-hydrogen) atoms. The number of alkyl halides is 3. The second kappa shape index (κ2) is 7.37. The Hall–Kier alpha value is -2.51. The van der Waals surface area contributed by atoms with Gasteiger partial charge in [0.1, 0.15) is 5.75 Å². The lowest BCUT2D eigenvalue weighted by molar-refractivity contribution is -0.274. The third-order valence-electron chi connectivity index (χ3n) is 3.71. The van der Waals surface area contributed by atoms with E-state index in [-0.39, 0.29) is 11.5 Å². The number of halogens is 3. The Kier molecular flexibility index (Phi) is 5.48. The summed E-state index contributed by atoms with van der Waals surface area (Å²) in [5.41, 5.74) is 0.128. The molecule has 1 fully saturated rings. The highest BCUT2D eigenvalue weighted by Gasteiger charge is 2.31. The lowest BCUT2D eigenvalue weighted by Crippen LogP contribution is -2.39. The third kappa shape index (κ3) is 5.00. The van der Waals surface area contributed by atoms with Crippen molar-refractivity contribution in [2.24, 2.45) is 5.92 Å². The standard InChI is InChI=1S/C16H16F3NO4/c17-16(18,19)24-13-4-2-1-3-11(13)5-6-14(21)20-9-7-12(8-10-20)15(22)23/h1-6,12H,7-10H2,(H,22,23). The predicted molar refractivity (Wildman–Crippen MR) is 79.1 cm³/mol. The molecule has 0 atom stereocenters. The highest BCUT2D eigenvalue weighted by atomic mass is 19.4. The van der Waals surface area contributed by atoms with Gasteiger partial charge in [0.2, 0.25) is 5.91 Å². The number of carboxylic acid groups (broad SMARTS) is 1. The molecular weight excluding hydrogens is 327 g/mol. The van der Waals surface area contributed by atoms with Crippen molar-refractivity contribution in [3.05, 3.63) is 35.9 Å². The molecule has 1 aromatic rings. The molecule has 0 aliphatic carbocycles. The van der Waals surface area contributed by atoms with Gasteiger partial charge in [-0.3, -0.25) is 9.59 Å². The number of piperidine rings is 1. The molecular formula is C16H16F3NO4. The van der Waals surface area contributed by atoms with E-state index in [0.717, 1.165) is 6.07 Å². The number of hydrogen-bond acceptors (Lipinski definition) is 3. The quantitative estimate of drug-likeness (QED) is 0.854. The zero-order chi connectivity index (χ0) is 17.7. The maximum absolute atomic E-state index is 12.3. The number of carbonyl (C=O) groups is 2. The van der Waals surface area contributed by atoms with Crippen LogP contribution in [0.3, 0.4) is 0 Å². The lowest BCUT2D eigenvalue weighted by atomic mass is 9.97. The predicted octanol–water partition coefficient (Wildman–Crippen LogP) is 2.92. The van der Waals surface area contributed by atoms with Crippen LogP contribution in [0.5, 0.6) is 5.75 Å². The molecule has 1 amide bonds. The second-order valence-electron chi connectivity index (χ2n) is 5.36. The monoisotopic (exact) mass is 343 g/mol. The normalized spacial score (nSPS) is 16.4. The minimum atomic E-state index is -4.81. The van der Waals surface area contributed by atoms with Crippen LogP contribution in [-0.2, 0) is 9.59 Å². The van der Waals surface area contributed by atoms with E-state index >= 15 is 0 Å². The van der Waals surface area contributed by atoms with E-state index in [1.807, 2.05) is 0 Å². The fourth-order valence-corrected chi connectivity index (χ4v) is 2.45. The molecule has 0 unspecified atom stereocenters. The Labute approximate surface area is 136 Å². The Morgan fingerprint density at radius 1 is 1.21 bits per heavy atom. The molecule has 1 aliphatic heterocycles. The molecule has 1 saturated heterocycles. The van der Waals surface area contributed by atoms with E-state index in [0.29, 0.717) is 25.9 Å². The van der Waals surface area contributed by atoms with E-state index in [9.17, 15) is 22.8 Å². The minimum Gasteiger partial charge on any atom is -0.481 e. The van der Waals surface area contributed by atoms with Crippen molar-refractivity contribution >= 4 is 18.0 Å². The van der Waals surface area contributed by atoms with Gasteiger partial charge >= 0.3 is 12.3 Å². The highest BCUT2D eigenvalue weighted by molar-refractivity contribution is 5.92. The van der Waals surface area contributed by atoms with Crippen LogP contribution in [-0.4, -0.2) is 41.3 Å². The molecule has 1 heterocycles. The van der Waals surface area contributed by atoms with Gasteiger partial charge in [-0.2, -0.15) is 0 Å². The largest absolute Gasteiger partial charge is 0.573 e. The zero-order valence-corrected chi connectivity index (χ0v) is 12.6. The summed E-state index contributed by atoms with van der Waals surface area (Å²) in [5, 5.41) is 8.92. The van der Waals surface area contributed by atoms with Crippen LogP contribution in [0.15, 0.2) is 30.3 Å². The van der Waals surface area contributed by atoms with E-state index in [2.05, 4.69) is 4.74 Å². The van der Waals surface area contributed by atoms with Crippen LogP contribution in [0, 0.1) is 5.92 Å². The van der Waals surface area contributed by atoms with Gasteiger partial charge in [0.25, 0.3) is 0 Å². The first kappa shape index (κ1) is 17.8. The van der Waals surface area contributed by atoms with E-state index in [1.165, 1.54) is 35.3 Å². The van der Waals surface area contributed by atoms with Crippen molar-refractivity contribution in [1.29, 1.82) is 0 Å². The van der Waals surface area contributed by atoms with Crippen molar-refractivity contribution < 1.29 is 32.6 Å².